The molecule has 1 unspecified atom stereocenters. The Labute approximate surface area is 204 Å². The summed E-state index contributed by atoms with van der Waals surface area (Å²) in [5.41, 5.74) is 0. The molecule has 0 saturated carbocycles. The summed E-state index contributed by atoms with van der Waals surface area (Å²) in [4.78, 5) is 2.48. The van der Waals surface area contributed by atoms with Crippen molar-refractivity contribution in [3.63, 3.8) is 0 Å². The SMILES string of the molecule is CCCCCC=CCC=CCCCCCCCCCC(CCCCCCCCC)N(C)C. The third-order valence-corrected chi connectivity index (χ3v) is 6.86. The van der Waals surface area contributed by atoms with Gasteiger partial charge < -0.3 is 4.90 Å². The van der Waals surface area contributed by atoms with E-state index in [9.17, 15) is 0 Å². The zero-order chi connectivity index (χ0) is 23.5. The van der Waals surface area contributed by atoms with Gasteiger partial charge in [-0.05, 0) is 59.0 Å². The molecule has 1 heteroatoms. The van der Waals surface area contributed by atoms with E-state index in [2.05, 4.69) is 57.1 Å². The van der Waals surface area contributed by atoms with Crippen LogP contribution in [0, 0.1) is 0 Å². The highest BCUT2D eigenvalue weighted by molar-refractivity contribution is 4.92. The van der Waals surface area contributed by atoms with Crippen molar-refractivity contribution < 1.29 is 0 Å². The summed E-state index contributed by atoms with van der Waals surface area (Å²) in [7, 11) is 4.56. The van der Waals surface area contributed by atoms with E-state index in [-0.39, 0.29) is 0 Å². The minimum absolute atomic E-state index is 0.809. The first-order valence-corrected chi connectivity index (χ1v) is 14.7. The molecule has 0 N–H and O–H groups in total. The summed E-state index contributed by atoms with van der Waals surface area (Å²) in [6.07, 6.45) is 39.9. The van der Waals surface area contributed by atoms with Crippen molar-refractivity contribution >= 4 is 0 Å². The standard InChI is InChI=1S/C31H61N/c1-5-7-9-11-13-14-15-16-17-18-19-20-21-22-24-26-28-30-31(32(3)4)29-27-25-23-12-10-8-6-2/h13-14,16-17,31H,5-12,15,18-30H2,1-4H3. The molecule has 1 atom stereocenters. The lowest BCUT2D eigenvalue weighted by molar-refractivity contribution is 0.251. The van der Waals surface area contributed by atoms with Crippen molar-refractivity contribution in [2.24, 2.45) is 0 Å². The van der Waals surface area contributed by atoms with Crippen LogP contribution in [0.2, 0.25) is 0 Å². The van der Waals surface area contributed by atoms with E-state index >= 15 is 0 Å². The van der Waals surface area contributed by atoms with Gasteiger partial charge in [0, 0.05) is 6.04 Å². The van der Waals surface area contributed by atoms with Crippen LogP contribution in [-0.2, 0) is 0 Å². The van der Waals surface area contributed by atoms with E-state index in [1.165, 1.54) is 135 Å². The van der Waals surface area contributed by atoms with Gasteiger partial charge in [0.25, 0.3) is 0 Å². The highest BCUT2D eigenvalue weighted by Crippen LogP contribution is 2.17. The summed E-state index contributed by atoms with van der Waals surface area (Å²) in [6, 6.07) is 0.809. The lowest BCUT2D eigenvalue weighted by Crippen LogP contribution is -2.27. The molecule has 1 nitrogen and oxygen atoms in total. The average molecular weight is 448 g/mol. The van der Waals surface area contributed by atoms with Gasteiger partial charge in [0.2, 0.25) is 0 Å². The van der Waals surface area contributed by atoms with Crippen LogP contribution in [-0.4, -0.2) is 25.0 Å². The third-order valence-electron chi connectivity index (χ3n) is 6.86. The van der Waals surface area contributed by atoms with Crippen molar-refractivity contribution in [2.45, 2.75) is 161 Å². The number of unbranched alkanes of at least 4 members (excludes halogenated alkanes) is 16. The number of nitrogens with zero attached hydrogens (tertiary/aromatic N) is 1. The van der Waals surface area contributed by atoms with Gasteiger partial charge in [0.1, 0.15) is 0 Å². The lowest BCUT2D eigenvalue weighted by Gasteiger charge is -2.24. The zero-order valence-corrected chi connectivity index (χ0v) is 22.9. The molecule has 0 aromatic heterocycles. The number of hydrogen-bond acceptors (Lipinski definition) is 1. The maximum atomic E-state index is 2.48. The maximum absolute atomic E-state index is 2.48. The first-order chi connectivity index (χ1) is 15.7. The van der Waals surface area contributed by atoms with Gasteiger partial charge in [-0.25, -0.2) is 0 Å². The number of rotatable bonds is 25. The predicted molar refractivity (Wildman–Crippen MR) is 149 cm³/mol. The van der Waals surface area contributed by atoms with E-state index in [4.69, 9.17) is 0 Å². The Morgan fingerprint density at radius 3 is 1.31 bits per heavy atom. The maximum Gasteiger partial charge on any atom is 0.00891 e. The minimum Gasteiger partial charge on any atom is -0.306 e. The summed E-state index contributed by atoms with van der Waals surface area (Å²) < 4.78 is 0. The van der Waals surface area contributed by atoms with E-state index in [0.717, 1.165) is 12.5 Å². The zero-order valence-electron chi connectivity index (χ0n) is 22.9. The fourth-order valence-electron chi connectivity index (χ4n) is 4.54. The summed E-state index contributed by atoms with van der Waals surface area (Å²) in [6.45, 7) is 4.57. The van der Waals surface area contributed by atoms with Crippen molar-refractivity contribution in [2.75, 3.05) is 14.1 Å². The molecule has 0 saturated heterocycles. The molecule has 32 heavy (non-hydrogen) atoms. The predicted octanol–water partition coefficient (Wildman–Crippen LogP) is 10.7. The van der Waals surface area contributed by atoms with Gasteiger partial charge in [-0.15, -0.1) is 0 Å². The van der Waals surface area contributed by atoms with Gasteiger partial charge in [-0.1, -0.05) is 134 Å². The second kappa shape index (κ2) is 26.7. The topological polar surface area (TPSA) is 3.24 Å². The molecule has 0 radical (unpaired) electrons. The van der Waals surface area contributed by atoms with Crippen LogP contribution in [0.1, 0.15) is 155 Å². The molecule has 0 rings (SSSR count). The van der Waals surface area contributed by atoms with E-state index < -0.39 is 0 Å². The average Bonchev–Trinajstić information content (AvgIpc) is 2.78. The molecule has 0 heterocycles. The Balaban J connectivity index is 3.46. The Bertz CT molecular complexity index is 395. The molecular formula is C31H61N. The smallest absolute Gasteiger partial charge is 0.00891 e. The summed E-state index contributed by atoms with van der Waals surface area (Å²) >= 11 is 0. The van der Waals surface area contributed by atoms with Crippen LogP contribution in [0.4, 0.5) is 0 Å². The quantitative estimate of drug-likeness (QED) is 0.0993. The van der Waals surface area contributed by atoms with Gasteiger partial charge in [-0.3, -0.25) is 0 Å². The molecule has 0 fully saturated rings. The highest BCUT2D eigenvalue weighted by atomic mass is 15.1. The molecule has 0 aromatic rings. The number of allylic oxidation sites excluding steroid dienone is 4. The van der Waals surface area contributed by atoms with Gasteiger partial charge in [0.05, 0.1) is 0 Å². The molecule has 0 aliphatic carbocycles. The van der Waals surface area contributed by atoms with Crippen molar-refractivity contribution in [3.8, 4) is 0 Å². The molecular weight excluding hydrogens is 386 g/mol. The molecule has 0 aromatic carbocycles. The Hall–Kier alpha value is -0.560. The molecule has 0 spiro atoms. The van der Waals surface area contributed by atoms with E-state index in [1.54, 1.807) is 0 Å². The third kappa shape index (κ3) is 24.1. The van der Waals surface area contributed by atoms with Crippen molar-refractivity contribution in [1.29, 1.82) is 0 Å². The van der Waals surface area contributed by atoms with Gasteiger partial charge in [-0.2, -0.15) is 0 Å². The molecule has 190 valence electrons. The van der Waals surface area contributed by atoms with E-state index in [0.29, 0.717) is 0 Å². The van der Waals surface area contributed by atoms with Crippen LogP contribution in [0.5, 0.6) is 0 Å². The van der Waals surface area contributed by atoms with Crippen LogP contribution in [0.15, 0.2) is 24.3 Å². The highest BCUT2D eigenvalue weighted by Gasteiger charge is 2.10. The Morgan fingerprint density at radius 1 is 0.469 bits per heavy atom. The van der Waals surface area contributed by atoms with Crippen molar-refractivity contribution in [1.82, 2.24) is 4.90 Å². The van der Waals surface area contributed by atoms with Crippen molar-refractivity contribution in [3.05, 3.63) is 24.3 Å². The Morgan fingerprint density at radius 2 is 0.844 bits per heavy atom. The molecule has 0 bridgehead atoms. The van der Waals surface area contributed by atoms with Crippen LogP contribution in [0.25, 0.3) is 0 Å². The second-order valence-electron chi connectivity index (χ2n) is 10.3. The van der Waals surface area contributed by atoms with Crippen LogP contribution in [0.3, 0.4) is 0 Å². The first-order valence-electron chi connectivity index (χ1n) is 14.7. The molecule has 0 amide bonds. The summed E-state index contributed by atoms with van der Waals surface area (Å²) in [5, 5.41) is 0. The fraction of sp³-hybridized carbons (Fsp3) is 0.871. The molecule has 0 aliphatic heterocycles. The largest absolute Gasteiger partial charge is 0.306 e. The van der Waals surface area contributed by atoms with Crippen LogP contribution >= 0.6 is 0 Å². The van der Waals surface area contributed by atoms with Crippen LogP contribution < -0.4 is 0 Å². The fourth-order valence-corrected chi connectivity index (χ4v) is 4.54. The first kappa shape index (κ1) is 31.4. The van der Waals surface area contributed by atoms with Gasteiger partial charge in [0.15, 0.2) is 0 Å². The number of hydrogen-bond donors (Lipinski definition) is 0. The normalized spacial score (nSPS) is 13.2. The lowest BCUT2D eigenvalue weighted by atomic mass is 9.99. The molecule has 0 aliphatic rings. The minimum atomic E-state index is 0.809. The second-order valence-corrected chi connectivity index (χ2v) is 10.3. The summed E-state index contributed by atoms with van der Waals surface area (Å²) in [5.74, 6) is 0. The monoisotopic (exact) mass is 447 g/mol. The van der Waals surface area contributed by atoms with E-state index in [1.807, 2.05) is 0 Å². The Kier molecular flexibility index (Phi) is 26.2. The van der Waals surface area contributed by atoms with Gasteiger partial charge >= 0.3 is 0 Å².